The summed E-state index contributed by atoms with van der Waals surface area (Å²) in [6.45, 7) is 0. The molecule has 0 aliphatic carbocycles. The lowest BCUT2D eigenvalue weighted by Crippen LogP contribution is -1.96. The maximum atomic E-state index is 13.3. The second-order valence-electron chi connectivity index (χ2n) is 3.81. The lowest BCUT2D eigenvalue weighted by atomic mass is 10.1. The third kappa shape index (κ3) is 3.25. The molecule has 3 nitrogen and oxygen atoms in total. The number of allylic oxidation sites excluding steroid dienone is 1. The molecule has 0 fully saturated rings. The minimum atomic E-state index is -0.362. The van der Waals surface area contributed by atoms with Gasteiger partial charge in [0.25, 0.3) is 0 Å². The maximum absolute atomic E-state index is 13.3. The van der Waals surface area contributed by atoms with Crippen molar-refractivity contribution in [3.8, 4) is 5.88 Å². The van der Waals surface area contributed by atoms with E-state index in [0.717, 1.165) is 0 Å². The summed E-state index contributed by atoms with van der Waals surface area (Å²) in [5.74, 6) is -0.160. The second-order valence-corrected chi connectivity index (χ2v) is 3.81. The fourth-order valence-corrected chi connectivity index (χ4v) is 1.52. The van der Waals surface area contributed by atoms with Crippen LogP contribution in [0.3, 0.4) is 0 Å². The highest BCUT2D eigenvalue weighted by molar-refractivity contribution is 6.06. The molecule has 0 aliphatic heterocycles. The van der Waals surface area contributed by atoms with Crippen LogP contribution in [-0.4, -0.2) is 17.9 Å². The number of hydrogen-bond acceptors (Lipinski definition) is 3. The molecule has 2 rings (SSSR count). The van der Waals surface area contributed by atoms with Gasteiger partial charge in [0.15, 0.2) is 5.78 Å². The lowest BCUT2D eigenvalue weighted by molar-refractivity contribution is 0.104. The van der Waals surface area contributed by atoms with Gasteiger partial charge in [0.2, 0.25) is 5.88 Å². The molecule has 0 bridgehead atoms. The molecule has 0 unspecified atom stereocenters. The molecular formula is C15H12FNO2. The van der Waals surface area contributed by atoms with Gasteiger partial charge in [-0.2, -0.15) is 0 Å². The summed E-state index contributed by atoms with van der Waals surface area (Å²) in [5, 5.41) is 0. The molecule has 4 heteroatoms. The summed E-state index contributed by atoms with van der Waals surface area (Å²) >= 11 is 0. The number of carbonyl (C=O) groups is 1. The van der Waals surface area contributed by atoms with Gasteiger partial charge in [0.05, 0.1) is 7.11 Å². The Hall–Kier alpha value is -2.49. The zero-order chi connectivity index (χ0) is 13.7. The smallest absolute Gasteiger partial charge is 0.212 e. The zero-order valence-corrected chi connectivity index (χ0v) is 10.3. The summed E-state index contributed by atoms with van der Waals surface area (Å²) in [6.07, 6.45) is 4.19. The molecule has 1 heterocycles. The van der Waals surface area contributed by atoms with E-state index in [0.29, 0.717) is 17.0 Å². The summed E-state index contributed by atoms with van der Waals surface area (Å²) < 4.78 is 18.3. The van der Waals surface area contributed by atoms with Crippen LogP contribution >= 0.6 is 0 Å². The third-order valence-corrected chi connectivity index (χ3v) is 2.55. The van der Waals surface area contributed by atoms with Crippen LogP contribution in [0.5, 0.6) is 5.88 Å². The fraction of sp³-hybridized carbons (Fsp3) is 0.0667. The molecule has 0 aliphatic rings. The van der Waals surface area contributed by atoms with Gasteiger partial charge in [-0.05, 0) is 24.3 Å². The Bertz CT molecular complexity index is 606. The van der Waals surface area contributed by atoms with Crippen LogP contribution in [0.25, 0.3) is 6.08 Å². The third-order valence-electron chi connectivity index (χ3n) is 2.55. The Morgan fingerprint density at radius 2 is 2.05 bits per heavy atom. The van der Waals surface area contributed by atoms with Crippen molar-refractivity contribution in [3.63, 3.8) is 0 Å². The van der Waals surface area contributed by atoms with Crippen molar-refractivity contribution in [2.75, 3.05) is 7.11 Å². The molecule has 1 aromatic carbocycles. The van der Waals surface area contributed by atoms with Crippen molar-refractivity contribution in [1.29, 1.82) is 0 Å². The lowest BCUT2D eigenvalue weighted by Gasteiger charge is -1.99. The topological polar surface area (TPSA) is 39.2 Å². The van der Waals surface area contributed by atoms with E-state index in [-0.39, 0.29) is 11.6 Å². The number of ketones is 1. The van der Waals surface area contributed by atoms with Gasteiger partial charge >= 0.3 is 0 Å². The molecule has 2 aromatic rings. The first kappa shape index (κ1) is 13.0. The van der Waals surface area contributed by atoms with Crippen LogP contribution < -0.4 is 4.74 Å². The van der Waals surface area contributed by atoms with Gasteiger partial charge in [-0.25, -0.2) is 9.37 Å². The van der Waals surface area contributed by atoms with E-state index in [1.807, 2.05) is 0 Å². The number of methoxy groups -OCH3 is 1. The van der Waals surface area contributed by atoms with Crippen molar-refractivity contribution in [1.82, 2.24) is 4.98 Å². The van der Waals surface area contributed by atoms with E-state index in [1.54, 1.807) is 30.3 Å². The molecule has 0 spiro atoms. The first-order valence-electron chi connectivity index (χ1n) is 5.67. The van der Waals surface area contributed by atoms with Gasteiger partial charge in [-0.1, -0.05) is 18.2 Å². The quantitative estimate of drug-likeness (QED) is 0.624. The highest BCUT2D eigenvalue weighted by atomic mass is 19.1. The fourth-order valence-electron chi connectivity index (χ4n) is 1.52. The van der Waals surface area contributed by atoms with Gasteiger partial charge in [0.1, 0.15) is 5.82 Å². The van der Waals surface area contributed by atoms with Crippen LogP contribution in [0.2, 0.25) is 0 Å². The van der Waals surface area contributed by atoms with E-state index in [2.05, 4.69) is 4.98 Å². The number of aromatic nitrogens is 1. The predicted octanol–water partition coefficient (Wildman–Crippen LogP) is 3.13. The number of nitrogens with zero attached hydrogens (tertiary/aromatic N) is 1. The van der Waals surface area contributed by atoms with E-state index >= 15 is 0 Å². The van der Waals surface area contributed by atoms with E-state index in [9.17, 15) is 9.18 Å². The molecule has 0 saturated heterocycles. The van der Waals surface area contributed by atoms with Crippen LogP contribution in [0.15, 0.2) is 48.7 Å². The van der Waals surface area contributed by atoms with E-state index < -0.39 is 0 Å². The maximum Gasteiger partial charge on any atom is 0.212 e. The predicted molar refractivity (Wildman–Crippen MR) is 70.6 cm³/mol. The van der Waals surface area contributed by atoms with Crippen molar-refractivity contribution < 1.29 is 13.9 Å². The Kier molecular flexibility index (Phi) is 4.03. The average molecular weight is 257 g/mol. The van der Waals surface area contributed by atoms with Gasteiger partial charge in [-0.15, -0.1) is 0 Å². The Balaban J connectivity index is 2.14. The zero-order valence-electron chi connectivity index (χ0n) is 10.3. The summed E-state index contributed by atoms with van der Waals surface area (Å²) in [7, 11) is 1.50. The normalized spacial score (nSPS) is 10.6. The highest BCUT2D eigenvalue weighted by Crippen LogP contribution is 2.11. The Labute approximate surface area is 110 Å². The minimum Gasteiger partial charge on any atom is -0.481 e. The Morgan fingerprint density at radius 3 is 2.68 bits per heavy atom. The monoisotopic (exact) mass is 257 g/mol. The number of ether oxygens (including phenoxy) is 1. The van der Waals surface area contributed by atoms with Gasteiger partial charge in [0, 0.05) is 23.4 Å². The minimum absolute atomic E-state index is 0.238. The van der Waals surface area contributed by atoms with Gasteiger partial charge < -0.3 is 4.74 Å². The van der Waals surface area contributed by atoms with Crippen LogP contribution in [-0.2, 0) is 0 Å². The molecule has 19 heavy (non-hydrogen) atoms. The van der Waals surface area contributed by atoms with E-state index in [4.69, 9.17) is 4.74 Å². The molecule has 0 radical (unpaired) electrons. The SMILES string of the molecule is COc1ccc(C(=O)/C=C/c2ccccc2F)cn1. The average Bonchev–Trinajstić information content (AvgIpc) is 2.46. The van der Waals surface area contributed by atoms with Gasteiger partial charge in [-0.3, -0.25) is 4.79 Å². The van der Waals surface area contributed by atoms with Crippen molar-refractivity contribution in [2.24, 2.45) is 0 Å². The molecule has 0 N–H and O–H groups in total. The standard InChI is InChI=1S/C15H12FNO2/c1-19-15-9-7-12(10-17-15)14(18)8-6-11-4-2-3-5-13(11)16/h2-10H,1H3/b8-6+. The van der Waals surface area contributed by atoms with E-state index in [1.165, 1.54) is 31.5 Å². The molecule has 1 aromatic heterocycles. The molecule has 0 amide bonds. The van der Waals surface area contributed by atoms with Crippen LogP contribution in [0.1, 0.15) is 15.9 Å². The van der Waals surface area contributed by atoms with Crippen molar-refractivity contribution in [3.05, 3.63) is 65.6 Å². The number of pyridine rings is 1. The molecule has 0 saturated carbocycles. The summed E-state index contributed by atoms with van der Waals surface area (Å²) in [6, 6.07) is 9.47. The second kappa shape index (κ2) is 5.91. The number of halogens is 1. The van der Waals surface area contributed by atoms with Crippen molar-refractivity contribution in [2.45, 2.75) is 0 Å². The first-order valence-corrected chi connectivity index (χ1v) is 5.67. The highest BCUT2D eigenvalue weighted by Gasteiger charge is 2.03. The molecular weight excluding hydrogens is 245 g/mol. The van der Waals surface area contributed by atoms with Crippen LogP contribution in [0.4, 0.5) is 4.39 Å². The number of hydrogen-bond donors (Lipinski definition) is 0. The number of benzene rings is 1. The molecule has 96 valence electrons. The Morgan fingerprint density at radius 1 is 1.26 bits per heavy atom. The van der Waals surface area contributed by atoms with Crippen molar-refractivity contribution >= 4 is 11.9 Å². The number of rotatable bonds is 4. The van der Waals surface area contributed by atoms with Crippen LogP contribution in [0, 0.1) is 5.82 Å². The largest absolute Gasteiger partial charge is 0.481 e. The summed E-state index contributed by atoms with van der Waals surface area (Å²) in [5.41, 5.74) is 0.797. The molecule has 0 atom stereocenters. The number of carbonyl (C=O) groups excluding carboxylic acids is 1. The first-order chi connectivity index (χ1) is 9.20. The summed E-state index contributed by atoms with van der Waals surface area (Å²) in [4.78, 5) is 15.8.